The summed E-state index contributed by atoms with van der Waals surface area (Å²) < 4.78 is 50.4. The molecule has 1 aliphatic rings. The Labute approximate surface area is 258 Å². The highest BCUT2D eigenvalue weighted by atomic mass is 19.2. The summed E-state index contributed by atoms with van der Waals surface area (Å²) in [7, 11) is 0. The molecule has 2 aromatic heterocycles. The third-order valence-corrected chi connectivity index (χ3v) is 8.11. The van der Waals surface area contributed by atoms with Gasteiger partial charge in [-0.25, -0.2) is 27.9 Å². The molecule has 3 N–H and O–H groups in total. The van der Waals surface area contributed by atoms with Gasteiger partial charge in [0.05, 0.1) is 22.3 Å². The number of anilines is 2. The minimum absolute atomic E-state index is 0.127. The van der Waals surface area contributed by atoms with Crippen molar-refractivity contribution < 1.29 is 22.7 Å². The Hall–Kier alpha value is -5.06. The zero-order valence-electron chi connectivity index (χ0n) is 25.0. The highest BCUT2D eigenvalue weighted by molar-refractivity contribution is 5.96. The molecule has 5 aromatic rings. The molecule has 0 saturated carbocycles. The monoisotopic (exact) mass is 614 g/mol. The Morgan fingerprint density at radius 3 is 2.49 bits per heavy atom. The maximum absolute atomic E-state index is 14.7. The SMILES string of the molecule is CCn1c(-c2c(N)ncc(-c3cc(C)cc(F)c3)c2N2CCC(NC(=O)OCc3ccccc3)CC2)nc2cc(F)c(F)cc21. The third-order valence-electron chi connectivity index (χ3n) is 8.11. The Balaban J connectivity index is 1.36. The average molecular weight is 615 g/mol. The van der Waals surface area contributed by atoms with Crippen LogP contribution in [0.1, 0.15) is 30.9 Å². The molecule has 3 aromatic carbocycles. The number of halogens is 3. The first-order valence-corrected chi connectivity index (χ1v) is 14.9. The predicted octanol–water partition coefficient (Wildman–Crippen LogP) is 6.99. The summed E-state index contributed by atoms with van der Waals surface area (Å²) in [6, 6.07) is 16.3. The minimum Gasteiger partial charge on any atom is -0.445 e. The van der Waals surface area contributed by atoms with E-state index in [1.54, 1.807) is 10.8 Å². The lowest BCUT2D eigenvalue weighted by Crippen LogP contribution is -2.45. The molecule has 6 rings (SSSR count). The molecule has 1 saturated heterocycles. The van der Waals surface area contributed by atoms with Crippen molar-refractivity contribution >= 4 is 28.6 Å². The number of alkyl carbamates (subject to hydrolysis) is 1. The van der Waals surface area contributed by atoms with Crippen molar-refractivity contribution in [2.24, 2.45) is 0 Å². The van der Waals surface area contributed by atoms with Crippen molar-refractivity contribution in [1.82, 2.24) is 19.9 Å². The number of ether oxygens (including phenoxy) is 1. The molecule has 0 spiro atoms. The van der Waals surface area contributed by atoms with E-state index in [0.29, 0.717) is 66.2 Å². The molecule has 0 bridgehead atoms. The smallest absolute Gasteiger partial charge is 0.407 e. The van der Waals surface area contributed by atoms with Crippen molar-refractivity contribution in [2.75, 3.05) is 23.7 Å². The fourth-order valence-electron chi connectivity index (χ4n) is 5.98. The first-order valence-electron chi connectivity index (χ1n) is 14.9. The molecule has 1 amide bonds. The number of carbonyl (C=O) groups is 1. The number of fused-ring (bicyclic) bond motifs is 1. The van der Waals surface area contributed by atoms with Crippen molar-refractivity contribution in [3.05, 3.63) is 95.4 Å². The fraction of sp³-hybridized carbons (Fsp3) is 0.265. The summed E-state index contributed by atoms with van der Waals surface area (Å²) in [5.41, 5.74) is 11.3. The van der Waals surface area contributed by atoms with Crippen LogP contribution in [0.4, 0.5) is 29.5 Å². The molecule has 0 unspecified atom stereocenters. The molecule has 0 radical (unpaired) electrons. The van der Waals surface area contributed by atoms with Crippen LogP contribution in [0, 0.1) is 24.4 Å². The van der Waals surface area contributed by atoms with E-state index in [0.717, 1.165) is 23.3 Å². The second-order valence-electron chi connectivity index (χ2n) is 11.2. The van der Waals surface area contributed by atoms with Gasteiger partial charge in [-0.1, -0.05) is 36.4 Å². The maximum Gasteiger partial charge on any atom is 0.407 e. The number of hydrogen-bond acceptors (Lipinski definition) is 6. The van der Waals surface area contributed by atoms with Gasteiger partial charge < -0.3 is 25.3 Å². The van der Waals surface area contributed by atoms with Crippen LogP contribution in [0.5, 0.6) is 0 Å². The largest absolute Gasteiger partial charge is 0.445 e. The number of piperidine rings is 1. The van der Waals surface area contributed by atoms with E-state index in [9.17, 15) is 18.0 Å². The second kappa shape index (κ2) is 12.5. The van der Waals surface area contributed by atoms with Crippen LogP contribution in [0.25, 0.3) is 33.5 Å². The number of nitrogens with zero attached hydrogens (tertiary/aromatic N) is 4. The number of nitrogen functional groups attached to an aromatic ring is 1. The van der Waals surface area contributed by atoms with Crippen molar-refractivity contribution in [1.29, 1.82) is 0 Å². The molecular formula is C34H33F3N6O2. The van der Waals surface area contributed by atoms with Crippen molar-refractivity contribution in [3.63, 3.8) is 0 Å². The number of aromatic nitrogens is 3. The normalized spacial score (nSPS) is 13.8. The summed E-state index contributed by atoms with van der Waals surface area (Å²) >= 11 is 0. The standard InChI is InChI=1S/C34H33F3N6O2/c1-3-43-29-17-27(37)26(36)16-28(29)41-33(43)30-31(25(18-39-32(30)38)22-13-20(2)14-23(35)15-22)42-11-9-24(10-12-42)40-34(44)45-19-21-7-5-4-6-8-21/h4-8,13-18,24H,3,9-12,19H2,1-2H3,(H2,38,39)(H,40,44). The first-order chi connectivity index (χ1) is 21.7. The molecule has 45 heavy (non-hydrogen) atoms. The number of rotatable bonds is 7. The van der Waals surface area contributed by atoms with Crippen molar-refractivity contribution in [3.8, 4) is 22.5 Å². The number of imidazole rings is 1. The van der Waals surface area contributed by atoms with Gasteiger partial charge >= 0.3 is 6.09 Å². The Bertz CT molecular complexity index is 1850. The fourth-order valence-corrected chi connectivity index (χ4v) is 5.98. The molecular weight excluding hydrogens is 581 g/mol. The lowest BCUT2D eigenvalue weighted by Gasteiger charge is -2.36. The van der Waals surface area contributed by atoms with Gasteiger partial charge in [-0.15, -0.1) is 0 Å². The van der Waals surface area contributed by atoms with Gasteiger partial charge in [-0.05, 0) is 55.5 Å². The Morgan fingerprint density at radius 2 is 1.78 bits per heavy atom. The van der Waals surface area contributed by atoms with Crippen LogP contribution in [-0.2, 0) is 17.9 Å². The van der Waals surface area contributed by atoms with Crippen LogP contribution in [0.15, 0.2) is 66.9 Å². The minimum atomic E-state index is -0.998. The highest BCUT2D eigenvalue weighted by Crippen LogP contribution is 2.44. The number of benzene rings is 3. The quantitative estimate of drug-likeness (QED) is 0.205. The van der Waals surface area contributed by atoms with Crippen LogP contribution >= 0.6 is 0 Å². The van der Waals surface area contributed by atoms with Crippen LogP contribution in [0.3, 0.4) is 0 Å². The number of pyridine rings is 1. The van der Waals surface area contributed by atoms with E-state index in [4.69, 9.17) is 15.5 Å². The van der Waals surface area contributed by atoms with Gasteiger partial charge in [-0.3, -0.25) is 0 Å². The first kappa shape index (κ1) is 30.0. The predicted molar refractivity (Wildman–Crippen MR) is 168 cm³/mol. The van der Waals surface area contributed by atoms with Crippen LogP contribution in [-0.4, -0.2) is 39.8 Å². The highest BCUT2D eigenvalue weighted by Gasteiger charge is 2.29. The molecule has 0 atom stereocenters. The number of carbonyl (C=O) groups excluding carboxylic acids is 1. The van der Waals surface area contributed by atoms with E-state index < -0.39 is 23.5 Å². The number of nitrogens with two attached hydrogens (primary N) is 1. The summed E-state index contributed by atoms with van der Waals surface area (Å²) in [5, 5.41) is 2.96. The zero-order chi connectivity index (χ0) is 31.7. The molecule has 1 fully saturated rings. The van der Waals surface area contributed by atoms with Gasteiger partial charge in [0.2, 0.25) is 0 Å². The molecule has 3 heterocycles. The average Bonchev–Trinajstić information content (AvgIpc) is 3.37. The summed E-state index contributed by atoms with van der Waals surface area (Å²) in [6.45, 7) is 5.31. The molecule has 11 heteroatoms. The lowest BCUT2D eigenvalue weighted by atomic mass is 9.96. The summed E-state index contributed by atoms with van der Waals surface area (Å²) in [6.07, 6.45) is 2.33. The zero-order valence-corrected chi connectivity index (χ0v) is 25.0. The maximum atomic E-state index is 14.7. The van der Waals surface area contributed by atoms with Gasteiger partial charge in [0, 0.05) is 49.6 Å². The van der Waals surface area contributed by atoms with Gasteiger partial charge in [0.15, 0.2) is 11.6 Å². The van der Waals surface area contributed by atoms with E-state index in [1.807, 2.05) is 50.2 Å². The van der Waals surface area contributed by atoms with E-state index in [2.05, 4.69) is 15.2 Å². The molecule has 232 valence electrons. The molecule has 0 aliphatic carbocycles. The Kier molecular flexibility index (Phi) is 8.34. The Morgan fingerprint density at radius 1 is 1.04 bits per heavy atom. The topological polar surface area (TPSA) is 98.3 Å². The lowest BCUT2D eigenvalue weighted by molar-refractivity contribution is 0.134. The molecule has 8 nitrogen and oxygen atoms in total. The van der Waals surface area contributed by atoms with E-state index >= 15 is 0 Å². The summed E-state index contributed by atoms with van der Waals surface area (Å²) in [4.78, 5) is 23.9. The van der Waals surface area contributed by atoms with Crippen LogP contribution in [0.2, 0.25) is 0 Å². The van der Waals surface area contributed by atoms with Gasteiger partial charge in [0.1, 0.15) is 24.1 Å². The number of hydrogen-bond donors (Lipinski definition) is 2. The van der Waals surface area contributed by atoms with E-state index in [-0.39, 0.29) is 24.0 Å². The molecule has 1 aliphatic heterocycles. The van der Waals surface area contributed by atoms with Gasteiger partial charge in [-0.2, -0.15) is 0 Å². The van der Waals surface area contributed by atoms with E-state index in [1.165, 1.54) is 12.1 Å². The third kappa shape index (κ3) is 6.15. The number of amides is 1. The van der Waals surface area contributed by atoms with Crippen molar-refractivity contribution in [2.45, 2.75) is 45.9 Å². The second-order valence-corrected chi connectivity index (χ2v) is 11.2. The number of nitrogens with one attached hydrogen (secondary N) is 1. The summed E-state index contributed by atoms with van der Waals surface area (Å²) in [5.74, 6) is -1.79. The van der Waals surface area contributed by atoms with Crippen LogP contribution < -0.4 is 16.0 Å². The number of aryl methyl sites for hydroxylation is 2. The van der Waals surface area contributed by atoms with Gasteiger partial charge in [0.25, 0.3) is 0 Å².